The van der Waals surface area contributed by atoms with Crippen LogP contribution in [0.25, 0.3) is 0 Å². The van der Waals surface area contributed by atoms with Gasteiger partial charge in [-0.1, -0.05) is 23.2 Å². The van der Waals surface area contributed by atoms with E-state index in [9.17, 15) is 4.79 Å². The largest absolute Gasteiger partial charge is 0.371 e. The lowest BCUT2D eigenvalue weighted by Gasteiger charge is -2.33. The molecule has 0 saturated carbocycles. The molecule has 0 spiro atoms. The van der Waals surface area contributed by atoms with Crippen molar-refractivity contribution in [2.75, 3.05) is 18.0 Å². The van der Waals surface area contributed by atoms with Gasteiger partial charge in [-0.25, -0.2) is 4.98 Å². The first-order chi connectivity index (χ1) is 10.6. The first kappa shape index (κ1) is 15.3. The van der Waals surface area contributed by atoms with Gasteiger partial charge in [0, 0.05) is 41.5 Å². The first-order valence-electron chi connectivity index (χ1n) is 7.30. The van der Waals surface area contributed by atoms with E-state index in [1.807, 2.05) is 12.1 Å². The van der Waals surface area contributed by atoms with E-state index in [4.69, 9.17) is 23.2 Å². The molecule has 1 aliphatic heterocycles. The quantitative estimate of drug-likeness (QED) is 0.612. The van der Waals surface area contributed by atoms with Gasteiger partial charge in [-0.3, -0.25) is 4.79 Å². The Hall–Kier alpha value is -1.58. The molecule has 0 atom stereocenters. The number of ketones is 1. The Morgan fingerprint density at radius 1 is 1.09 bits per heavy atom. The molecule has 3 nitrogen and oxygen atoms in total. The van der Waals surface area contributed by atoms with E-state index >= 15 is 0 Å². The highest BCUT2D eigenvalue weighted by Crippen LogP contribution is 2.27. The van der Waals surface area contributed by atoms with E-state index in [1.165, 1.54) is 0 Å². The van der Waals surface area contributed by atoms with Gasteiger partial charge in [-0.2, -0.15) is 0 Å². The maximum absolute atomic E-state index is 12.5. The second-order valence-corrected chi connectivity index (χ2v) is 6.29. The smallest absolute Gasteiger partial charge is 0.166 e. The lowest BCUT2D eigenvalue weighted by atomic mass is 9.89. The summed E-state index contributed by atoms with van der Waals surface area (Å²) in [6, 6.07) is 11.0. The summed E-state index contributed by atoms with van der Waals surface area (Å²) < 4.78 is 0. The van der Waals surface area contributed by atoms with Crippen molar-refractivity contribution in [3.63, 3.8) is 0 Å². The molecule has 1 aliphatic rings. The summed E-state index contributed by atoms with van der Waals surface area (Å²) in [6.45, 7) is 1.70. The van der Waals surface area contributed by atoms with Crippen LogP contribution in [-0.4, -0.2) is 23.9 Å². The van der Waals surface area contributed by atoms with Gasteiger partial charge in [-0.15, -0.1) is 0 Å². The number of piperidine rings is 1. The minimum atomic E-state index is 0.0785. The van der Waals surface area contributed by atoms with Gasteiger partial charge < -0.3 is 4.90 Å². The van der Waals surface area contributed by atoms with Gasteiger partial charge in [0.05, 0.1) is 0 Å². The zero-order valence-corrected chi connectivity index (χ0v) is 13.5. The number of rotatable bonds is 3. The molecule has 0 radical (unpaired) electrons. The van der Waals surface area contributed by atoms with E-state index in [1.54, 1.807) is 30.5 Å². The number of hydrogen-bond acceptors (Lipinski definition) is 3. The summed E-state index contributed by atoms with van der Waals surface area (Å²) in [6.07, 6.45) is 3.41. The summed E-state index contributed by atoms with van der Waals surface area (Å²) in [4.78, 5) is 18.8. The molecule has 0 bridgehead atoms. The van der Waals surface area contributed by atoms with E-state index in [0.717, 1.165) is 37.2 Å². The van der Waals surface area contributed by atoms with Crippen LogP contribution in [0, 0.1) is 5.92 Å². The number of anilines is 1. The van der Waals surface area contributed by atoms with Gasteiger partial charge in [-0.05, 0) is 49.2 Å². The molecule has 3 rings (SSSR count). The Morgan fingerprint density at radius 3 is 2.41 bits per heavy atom. The second-order valence-electron chi connectivity index (χ2n) is 5.47. The highest BCUT2D eigenvalue weighted by atomic mass is 35.5. The van der Waals surface area contributed by atoms with Crippen LogP contribution < -0.4 is 4.90 Å². The number of Topliss-reactive ketones (excluding diaryl/α,β-unsaturated/α-hetero) is 1. The average Bonchev–Trinajstić information content (AvgIpc) is 2.55. The van der Waals surface area contributed by atoms with Crippen molar-refractivity contribution in [1.82, 2.24) is 4.98 Å². The fourth-order valence-electron chi connectivity index (χ4n) is 2.84. The van der Waals surface area contributed by atoms with Crippen LogP contribution in [0.15, 0.2) is 42.6 Å². The average molecular weight is 335 g/mol. The summed E-state index contributed by atoms with van der Waals surface area (Å²) in [5.41, 5.74) is 1.81. The predicted octanol–water partition coefficient (Wildman–Crippen LogP) is 4.49. The molecule has 1 aromatic carbocycles. The molecule has 2 heterocycles. The van der Waals surface area contributed by atoms with Crippen molar-refractivity contribution < 1.29 is 4.79 Å². The number of carbonyl (C=O) groups excluding carboxylic acids is 1. The topological polar surface area (TPSA) is 33.2 Å². The Labute approximate surface area is 139 Å². The number of carbonyl (C=O) groups is 1. The lowest BCUT2D eigenvalue weighted by Crippen LogP contribution is -2.36. The molecule has 1 aromatic heterocycles. The normalized spacial score (nSPS) is 15.8. The van der Waals surface area contributed by atoms with Crippen LogP contribution in [0.4, 0.5) is 5.69 Å². The standard InChI is InChI=1S/C17H16Cl2N2O/c18-14-3-1-12(2-4-14)17(22)13-6-9-21(10-7-13)15-5-8-20-16(19)11-15/h1-5,8,11,13H,6-7,9-10H2. The molecule has 1 saturated heterocycles. The third-order valence-corrected chi connectivity index (χ3v) is 4.53. The minimum absolute atomic E-state index is 0.0785. The number of halogens is 2. The molecule has 0 N–H and O–H groups in total. The highest BCUT2D eigenvalue weighted by molar-refractivity contribution is 6.30. The number of pyridine rings is 1. The fraction of sp³-hybridized carbons (Fsp3) is 0.294. The van der Waals surface area contributed by atoms with Gasteiger partial charge >= 0.3 is 0 Å². The summed E-state index contributed by atoms with van der Waals surface area (Å²) in [5, 5.41) is 1.15. The van der Waals surface area contributed by atoms with E-state index in [0.29, 0.717) is 10.2 Å². The molecule has 114 valence electrons. The SMILES string of the molecule is O=C(c1ccc(Cl)cc1)C1CCN(c2ccnc(Cl)c2)CC1. The van der Waals surface area contributed by atoms with Crippen LogP contribution >= 0.6 is 23.2 Å². The molecule has 1 fully saturated rings. The van der Waals surface area contributed by atoms with Crippen molar-refractivity contribution in [2.45, 2.75) is 12.8 Å². The lowest BCUT2D eigenvalue weighted by molar-refractivity contribution is 0.0900. The van der Waals surface area contributed by atoms with Crippen molar-refractivity contribution in [2.24, 2.45) is 5.92 Å². The predicted molar refractivity (Wildman–Crippen MR) is 90.0 cm³/mol. The van der Waals surface area contributed by atoms with E-state index in [-0.39, 0.29) is 11.7 Å². The number of aromatic nitrogens is 1. The summed E-state index contributed by atoms with van der Waals surface area (Å²) in [5.74, 6) is 0.291. The third kappa shape index (κ3) is 3.42. The Kier molecular flexibility index (Phi) is 4.65. The highest BCUT2D eigenvalue weighted by Gasteiger charge is 2.26. The van der Waals surface area contributed by atoms with Gasteiger partial charge in [0.2, 0.25) is 0 Å². The molecule has 0 aliphatic carbocycles. The molecule has 2 aromatic rings. The maximum atomic E-state index is 12.5. The molecular weight excluding hydrogens is 319 g/mol. The van der Waals surface area contributed by atoms with Crippen molar-refractivity contribution in [3.05, 3.63) is 58.3 Å². The van der Waals surface area contributed by atoms with Crippen molar-refractivity contribution >= 4 is 34.7 Å². The monoisotopic (exact) mass is 334 g/mol. The fourth-order valence-corrected chi connectivity index (χ4v) is 3.13. The van der Waals surface area contributed by atoms with E-state index in [2.05, 4.69) is 9.88 Å². The molecule has 22 heavy (non-hydrogen) atoms. The first-order valence-corrected chi connectivity index (χ1v) is 8.05. The zero-order valence-electron chi connectivity index (χ0n) is 12.0. The molecular formula is C17H16Cl2N2O. The number of hydrogen-bond donors (Lipinski definition) is 0. The minimum Gasteiger partial charge on any atom is -0.371 e. The van der Waals surface area contributed by atoms with Crippen LogP contribution in [-0.2, 0) is 0 Å². The molecule has 5 heteroatoms. The zero-order chi connectivity index (χ0) is 15.5. The van der Waals surface area contributed by atoms with Crippen LogP contribution in [0.2, 0.25) is 10.2 Å². The second kappa shape index (κ2) is 6.67. The molecule has 0 amide bonds. The number of nitrogens with zero attached hydrogens (tertiary/aromatic N) is 2. The van der Waals surface area contributed by atoms with Crippen LogP contribution in [0.5, 0.6) is 0 Å². The Bertz CT molecular complexity index is 665. The van der Waals surface area contributed by atoms with Crippen molar-refractivity contribution in [3.8, 4) is 0 Å². The van der Waals surface area contributed by atoms with Crippen LogP contribution in [0.3, 0.4) is 0 Å². The Morgan fingerprint density at radius 2 is 1.77 bits per heavy atom. The third-order valence-electron chi connectivity index (χ3n) is 4.07. The summed E-state index contributed by atoms with van der Waals surface area (Å²) >= 11 is 11.8. The van der Waals surface area contributed by atoms with Gasteiger partial charge in [0.15, 0.2) is 5.78 Å². The summed E-state index contributed by atoms with van der Waals surface area (Å²) in [7, 11) is 0. The van der Waals surface area contributed by atoms with Gasteiger partial charge in [0.25, 0.3) is 0 Å². The number of benzene rings is 1. The molecule has 0 unspecified atom stereocenters. The maximum Gasteiger partial charge on any atom is 0.166 e. The van der Waals surface area contributed by atoms with Crippen molar-refractivity contribution in [1.29, 1.82) is 0 Å². The Balaban J connectivity index is 1.64. The van der Waals surface area contributed by atoms with Gasteiger partial charge in [0.1, 0.15) is 5.15 Å². The van der Waals surface area contributed by atoms with Crippen LogP contribution in [0.1, 0.15) is 23.2 Å². The van der Waals surface area contributed by atoms with E-state index < -0.39 is 0 Å².